The van der Waals surface area contributed by atoms with E-state index in [1.165, 1.54) is 103 Å². The Bertz CT molecular complexity index is 1470. The van der Waals surface area contributed by atoms with Crippen LogP contribution in [0.2, 0.25) is 0 Å². The first-order chi connectivity index (χ1) is 34.6. The maximum Gasteiger partial charge on any atom is 0.306 e. The number of esters is 2. The van der Waals surface area contributed by atoms with Gasteiger partial charge in [0.25, 0.3) is 0 Å². The summed E-state index contributed by atoms with van der Waals surface area (Å²) >= 11 is 0. The van der Waals surface area contributed by atoms with Crippen LogP contribution in [0, 0.1) is 0 Å². The third-order valence-corrected chi connectivity index (χ3v) is 11.9. The largest absolute Gasteiger partial charge is 0.462 e. The molecular formula is C65H106O5. The molecule has 5 nitrogen and oxygen atoms in total. The first-order valence-corrected chi connectivity index (χ1v) is 28.7. The number of rotatable bonds is 51. The Morgan fingerprint density at radius 3 is 0.857 bits per heavy atom. The quantitative estimate of drug-likeness (QED) is 0.0374. The molecule has 0 fully saturated rings. The number of carbonyl (C=O) groups excluding carboxylic acids is 2. The Hall–Kier alpha value is -3.96. The van der Waals surface area contributed by atoms with Gasteiger partial charge in [-0.15, -0.1) is 0 Å². The first-order valence-electron chi connectivity index (χ1n) is 28.7. The smallest absolute Gasteiger partial charge is 0.306 e. The monoisotopic (exact) mass is 967 g/mol. The lowest BCUT2D eigenvalue weighted by atomic mass is 10.0. The number of hydrogen-bond donors (Lipinski definition) is 1. The van der Waals surface area contributed by atoms with Crippen LogP contribution in [0.4, 0.5) is 0 Å². The highest BCUT2D eigenvalue weighted by molar-refractivity contribution is 5.70. The molecule has 1 atom stereocenters. The summed E-state index contributed by atoms with van der Waals surface area (Å²) in [6.45, 7) is 3.91. The van der Waals surface area contributed by atoms with E-state index < -0.39 is 6.10 Å². The van der Waals surface area contributed by atoms with E-state index in [2.05, 4.69) is 148 Å². The van der Waals surface area contributed by atoms with Gasteiger partial charge >= 0.3 is 11.9 Å². The Morgan fingerprint density at radius 2 is 0.571 bits per heavy atom. The minimum absolute atomic E-state index is 0.0771. The molecule has 0 radical (unpaired) electrons. The fourth-order valence-electron chi connectivity index (χ4n) is 7.70. The van der Waals surface area contributed by atoms with Gasteiger partial charge in [0.1, 0.15) is 6.61 Å². The molecule has 0 amide bonds. The maximum atomic E-state index is 12.3. The Labute approximate surface area is 432 Å². The van der Waals surface area contributed by atoms with Crippen LogP contribution in [0.1, 0.15) is 245 Å². The zero-order valence-electron chi connectivity index (χ0n) is 45.2. The summed E-state index contributed by atoms with van der Waals surface area (Å²) in [7, 11) is 0. The number of aliphatic hydroxyl groups is 1. The van der Waals surface area contributed by atoms with Crippen LogP contribution in [0.15, 0.2) is 134 Å². The van der Waals surface area contributed by atoms with Crippen LogP contribution in [-0.2, 0) is 19.1 Å². The van der Waals surface area contributed by atoms with Crippen LogP contribution in [-0.4, -0.2) is 36.4 Å². The lowest BCUT2D eigenvalue weighted by Crippen LogP contribution is -2.28. The Kier molecular flexibility index (Phi) is 56.0. The van der Waals surface area contributed by atoms with Gasteiger partial charge in [0.15, 0.2) is 6.10 Å². The van der Waals surface area contributed by atoms with E-state index in [1.807, 2.05) is 0 Å². The average Bonchev–Trinajstić information content (AvgIpc) is 3.36. The van der Waals surface area contributed by atoms with Crippen molar-refractivity contribution in [3.05, 3.63) is 134 Å². The molecule has 0 saturated carbocycles. The summed E-state index contributed by atoms with van der Waals surface area (Å²) in [5.41, 5.74) is 0. The fraction of sp³-hybridized carbons (Fsp3) is 0.631. The van der Waals surface area contributed by atoms with E-state index in [4.69, 9.17) is 9.47 Å². The molecule has 0 spiro atoms. The molecule has 5 heteroatoms. The minimum atomic E-state index is -0.787. The highest BCUT2D eigenvalue weighted by Crippen LogP contribution is 2.15. The van der Waals surface area contributed by atoms with Crippen LogP contribution < -0.4 is 0 Å². The molecule has 1 N–H and O–H groups in total. The molecule has 0 aromatic rings. The number of carbonyl (C=O) groups is 2. The summed E-state index contributed by atoms with van der Waals surface area (Å²) in [5, 5.41) is 9.66. The fourth-order valence-corrected chi connectivity index (χ4v) is 7.70. The van der Waals surface area contributed by atoms with Crippen molar-refractivity contribution in [3.63, 3.8) is 0 Å². The third kappa shape index (κ3) is 56.6. The predicted octanol–water partition coefficient (Wildman–Crippen LogP) is 19.6. The zero-order chi connectivity index (χ0) is 50.6. The van der Waals surface area contributed by atoms with Gasteiger partial charge in [-0.2, -0.15) is 0 Å². The molecule has 0 aliphatic heterocycles. The molecule has 0 aromatic heterocycles. The summed E-state index contributed by atoms with van der Waals surface area (Å²) in [6, 6.07) is 0. The van der Waals surface area contributed by atoms with Gasteiger partial charge in [-0.1, -0.05) is 257 Å². The number of aliphatic hydroxyl groups excluding tert-OH is 1. The van der Waals surface area contributed by atoms with Crippen molar-refractivity contribution in [1.82, 2.24) is 0 Å². The van der Waals surface area contributed by atoms with Crippen molar-refractivity contribution >= 4 is 11.9 Å². The van der Waals surface area contributed by atoms with E-state index >= 15 is 0 Å². The minimum Gasteiger partial charge on any atom is -0.462 e. The van der Waals surface area contributed by atoms with E-state index in [9.17, 15) is 14.7 Å². The van der Waals surface area contributed by atoms with Gasteiger partial charge < -0.3 is 14.6 Å². The molecule has 0 saturated heterocycles. The van der Waals surface area contributed by atoms with E-state index in [0.717, 1.165) is 116 Å². The normalized spacial score (nSPS) is 13.2. The van der Waals surface area contributed by atoms with Crippen LogP contribution in [0.25, 0.3) is 0 Å². The molecule has 0 heterocycles. The molecule has 70 heavy (non-hydrogen) atoms. The van der Waals surface area contributed by atoms with Crippen LogP contribution >= 0.6 is 0 Å². The van der Waals surface area contributed by atoms with Crippen molar-refractivity contribution in [2.45, 2.75) is 251 Å². The second kappa shape index (κ2) is 59.3. The summed E-state index contributed by atoms with van der Waals surface area (Å²) < 4.78 is 10.7. The van der Waals surface area contributed by atoms with Crippen molar-refractivity contribution in [2.75, 3.05) is 13.2 Å². The van der Waals surface area contributed by atoms with Gasteiger partial charge in [0, 0.05) is 12.8 Å². The second-order valence-electron chi connectivity index (χ2n) is 18.6. The van der Waals surface area contributed by atoms with E-state index in [0.29, 0.717) is 12.8 Å². The molecule has 1 unspecified atom stereocenters. The SMILES string of the molecule is CC/C=C\C/C=C\C/C=C\C/C=C\C/C=C\C/C=C\CCCCCCCCCCC(=O)OC(CO)COC(=O)CCCCCCCCCCCCCCC/C=C\C/C=C\C/C=C\C/C=C\C/C=C\CC. The van der Waals surface area contributed by atoms with Crippen molar-refractivity contribution in [2.24, 2.45) is 0 Å². The third-order valence-electron chi connectivity index (χ3n) is 11.9. The highest BCUT2D eigenvalue weighted by Gasteiger charge is 2.16. The van der Waals surface area contributed by atoms with E-state index in [1.54, 1.807) is 0 Å². The Morgan fingerprint density at radius 1 is 0.329 bits per heavy atom. The number of ether oxygens (including phenoxy) is 2. The van der Waals surface area contributed by atoms with Crippen molar-refractivity contribution in [3.8, 4) is 0 Å². The summed E-state index contributed by atoms with van der Waals surface area (Å²) in [6.07, 6.45) is 88.4. The number of allylic oxidation sites excluding steroid dienone is 22. The molecule has 0 bridgehead atoms. The average molecular weight is 968 g/mol. The van der Waals surface area contributed by atoms with Crippen LogP contribution in [0.3, 0.4) is 0 Å². The van der Waals surface area contributed by atoms with Gasteiger partial charge in [-0.25, -0.2) is 0 Å². The molecular weight excluding hydrogens is 861 g/mol. The van der Waals surface area contributed by atoms with Crippen molar-refractivity contribution < 1.29 is 24.2 Å². The number of unbranched alkanes of at least 4 members (excludes halogenated alkanes) is 21. The zero-order valence-corrected chi connectivity index (χ0v) is 45.2. The molecule has 396 valence electrons. The summed E-state index contributed by atoms with van der Waals surface area (Å²) in [4.78, 5) is 24.6. The van der Waals surface area contributed by atoms with E-state index in [-0.39, 0.29) is 25.2 Å². The molecule has 0 aliphatic rings. The second-order valence-corrected chi connectivity index (χ2v) is 18.6. The molecule has 0 aromatic carbocycles. The molecule has 0 aliphatic carbocycles. The number of hydrogen-bond acceptors (Lipinski definition) is 5. The van der Waals surface area contributed by atoms with Gasteiger partial charge in [-0.05, 0) is 109 Å². The van der Waals surface area contributed by atoms with Crippen molar-refractivity contribution in [1.29, 1.82) is 0 Å². The van der Waals surface area contributed by atoms with Gasteiger partial charge in [0.2, 0.25) is 0 Å². The van der Waals surface area contributed by atoms with Crippen LogP contribution in [0.5, 0.6) is 0 Å². The first kappa shape index (κ1) is 66.0. The lowest BCUT2D eigenvalue weighted by molar-refractivity contribution is -0.161. The topological polar surface area (TPSA) is 72.8 Å². The van der Waals surface area contributed by atoms with Gasteiger partial charge in [0.05, 0.1) is 6.61 Å². The van der Waals surface area contributed by atoms with Gasteiger partial charge in [-0.3, -0.25) is 9.59 Å². The standard InChI is InChI=1S/C65H106O5/c1-3-5-7-9-11-13-15-17-19-21-23-25-27-29-31-32-34-35-37-39-41-43-45-47-49-51-53-55-57-59-64(67)69-62-63(61-66)70-65(68)60-58-56-54-52-50-48-46-44-42-40-38-36-33-30-28-26-24-22-20-18-16-14-12-10-8-6-4-2/h5-8,11-14,17-20,23-26,29-31,33,38,40,63,66H,3-4,9-10,15-16,21-22,27-28,32,34-37,39,41-62H2,1-2H3/b7-5-,8-6-,13-11-,14-12-,19-17-,20-18-,25-23-,26-24-,31-29-,33-30-,40-38-. The summed E-state index contributed by atoms with van der Waals surface area (Å²) in [5.74, 6) is -0.606. The Balaban J connectivity index is 3.55. The highest BCUT2D eigenvalue weighted by atomic mass is 16.6. The molecule has 0 rings (SSSR count). The maximum absolute atomic E-state index is 12.3. The predicted molar refractivity (Wildman–Crippen MR) is 306 cm³/mol. The lowest BCUT2D eigenvalue weighted by Gasteiger charge is -2.15.